The summed E-state index contributed by atoms with van der Waals surface area (Å²) in [7, 11) is 0. The minimum atomic E-state index is -0.313. The maximum absolute atomic E-state index is 12.3. The fourth-order valence-electron chi connectivity index (χ4n) is 2.20. The zero-order chi connectivity index (χ0) is 17.9. The maximum atomic E-state index is 12.3. The van der Waals surface area contributed by atoms with Crippen LogP contribution in [-0.4, -0.2) is 18.4 Å². The first-order valence-corrected chi connectivity index (χ1v) is 8.14. The van der Waals surface area contributed by atoms with Gasteiger partial charge in [0.25, 0.3) is 0 Å². The largest absolute Gasteiger partial charge is 0.324 e. The third-order valence-corrected chi connectivity index (χ3v) is 4.26. The molecule has 2 aromatic carbocycles. The van der Waals surface area contributed by atoms with Crippen LogP contribution in [0.3, 0.4) is 0 Å². The van der Waals surface area contributed by atoms with Crippen LogP contribution in [0.4, 0.5) is 11.4 Å². The van der Waals surface area contributed by atoms with Crippen LogP contribution in [0, 0.1) is 13.8 Å². The van der Waals surface area contributed by atoms with Gasteiger partial charge in [-0.3, -0.25) is 9.59 Å². The number of benzene rings is 2. The predicted octanol–water partition coefficient (Wildman–Crippen LogP) is 4.60. The van der Waals surface area contributed by atoms with Crippen molar-refractivity contribution in [1.82, 2.24) is 0 Å². The Morgan fingerprint density at radius 1 is 1.04 bits per heavy atom. The van der Waals surface area contributed by atoms with Crippen molar-refractivity contribution in [3.8, 4) is 0 Å². The number of anilines is 2. The van der Waals surface area contributed by atoms with Gasteiger partial charge in [-0.25, -0.2) is 0 Å². The summed E-state index contributed by atoms with van der Waals surface area (Å²) in [6.45, 7) is 5.04. The van der Waals surface area contributed by atoms with Gasteiger partial charge in [-0.1, -0.05) is 35.3 Å². The number of carbonyl (C=O) groups excluding carboxylic acids is 2. The van der Waals surface area contributed by atoms with E-state index in [-0.39, 0.29) is 18.4 Å². The highest BCUT2D eigenvalue weighted by atomic mass is 35.5. The van der Waals surface area contributed by atoms with Crippen molar-refractivity contribution in [2.75, 3.05) is 16.8 Å². The fourth-order valence-corrected chi connectivity index (χ4v) is 2.54. The number of hydrogen-bond donors (Lipinski definition) is 1. The Hall–Kier alpha value is -2.04. The van der Waals surface area contributed by atoms with E-state index in [9.17, 15) is 9.59 Å². The molecule has 0 unspecified atom stereocenters. The van der Waals surface area contributed by atoms with Crippen molar-refractivity contribution >= 4 is 46.4 Å². The zero-order valence-corrected chi connectivity index (χ0v) is 15.2. The van der Waals surface area contributed by atoms with Crippen LogP contribution in [0.25, 0.3) is 0 Å². The summed E-state index contributed by atoms with van der Waals surface area (Å²) in [5.74, 6) is -0.555. The molecule has 0 spiro atoms. The number of carbonyl (C=O) groups is 2. The molecule has 0 aromatic heterocycles. The SMILES string of the molecule is CC(=O)N(CC(=O)Nc1cc(Cl)ccc1C)c1ccc(C)c(Cl)c1. The van der Waals surface area contributed by atoms with E-state index < -0.39 is 0 Å². The topological polar surface area (TPSA) is 49.4 Å². The predicted molar refractivity (Wildman–Crippen MR) is 99.0 cm³/mol. The van der Waals surface area contributed by atoms with Crippen LogP contribution in [0.1, 0.15) is 18.1 Å². The Morgan fingerprint density at radius 2 is 1.71 bits per heavy atom. The Balaban J connectivity index is 2.18. The fraction of sp³-hybridized carbons (Fsp3) is 0.222. The molecule has 6 heteroatoms. The Bertz CT molecular complexity index is 791. The van der Waals surface area contributed by atoms with Crippen LogP contribution in [0.2, 0.25) is 10.0 Å². The average molecular weight is 365 g/mol. The van der Waals surface area contributed by atoms with E-state index >= 15 is 0 Å². The van der Waals surface area contributed by atoms with Gasteiger partial charge in [-0.15, -0.1) is 0 Å². The summed E-state index contributed by atoms with van der Waals surface area (Å²) in [5, 5.41) is 3.86. The summed E-state index contributed by atoms with van der Waals surface area (Å²) in [6.07, 6.45) is 0. The molecular weight excluding hydrogens is 347 g/mol. The van der Waals surface area contributed by atoms with E-state index in [1.165, 1.54) is 11.8 Å². The lowest BCUT2D eigenvalue weighted by atomic mass is 10.2. The molecule has 126 valence electrons. The van der Waals surface area contributed by atoms with Gasteiger partial charge >= 0.3 is 0 Å². The molecule has 24 heavy (non-hydrogen) atoms. The van der Waals surface area contributed by atoms with Gasteiger partial charge in [0, 0.05) is 28.3 Å². The zero-order valence-electron chi connectivity index (χ0n) is 13.7. The van der Waals surface area contributed by atoms with Crippen molar-refractivity contribution in [1.29, 1.82) is 0 Å². The van der Waals surface area contributed by atoms with Gasteiger partial charge in [0.05, 0.1) is 0 Å². The molecule has 4 nitrogen and oxygen atoms in total. The van der Waals surface area contributed by atoms with Gasteiger partial charge in [-0.2, -0.15) is 0 Å². The number of nitrogens with one attached hydrogen (secondary N) is 1. The molecule has 0 saturated heterocycles. The normalized spacial score (nSPS) is 10.4. The highest BCUT2D eigenvalue weighted by molar-refractivity contribution is 6.31. The van der Waals surface area contributed by atoms with Crippen LogP contribution in [0.15, 0.2) is 36.4 Å². The molecule has 0 fully saturated rings. The van der Waals surface area contributed by atoms with Crippen LogP contribution >= 0.6 is 23.2 Å². The summed E-state index contributed by atoms with van der Waals surface area (Å²) in [6, 6.07) is 10.5. The van der Waals surface area contributed by atoms with Gasteiger partial charge in [-0.05, 0) is 49.2 Å². The third kappa shape index (κ3) is 4.49. The van der Waals surface area contributed by atoms with Crippen molar-refractivity contribution < 1.29 is 9.59 Å². The molecular formula is C18H18Cl2N2O2. The van der Waals surface area contributed by atoms with Crippen LogP contribution in [-0.2, 0) is 9.59 Å². The number of nitrogens with zero attached hydrogens (tertiary/aromatic N) is 1. The maximum Gasteiger partial charge on any atom is 0.244 e. The first-order chi connectivity index (χ1) is 11.3. The number of halogens is 2. The standard InChI is InChI=1S/C18H18Cl2N2O2/c1-11-5-7-15(9-16(11)20)22(13(3)23)10-18(24)21-17-8-14(19)6-4-12(17)2/h4-9H,10H2,1-3H3,(H,21,24). The summed E-state index contributed by atoms with van der Waals surface area (Å²) in [5.41, 5.74) is 3.00. The smallest absolute Gasteiger partial charge is 0.244 e. The van der Waals surface area contributed by atoms with Crippen LogP contribution < -0.4 is 10.2 Å². The molecule has 0 aliphatic heterocycles. The molecule has 1 N–H and O–H groups in total. The number of rotatable bonds is 4. The van der Waals surface area contributed by atoms with E-state index in [0.717, 1.165) is 11.1 Å². The molecule has 2 rings (SSSR count). The summed E-state index contributed by atoms with van der Waals surface area (Å²) >= 11 is 12.1. The second kappa shape index (κ2) is 7.69. The Kier molecular flexibility index (Phi) is 5.86. The lowest BCUT2D eigenvalue weighted by molar-refractivity contribution is -0.120. The lowest BCUT2D eigenvalue weighted by Crippen LogP contribution is -2.36. The van der Waals surface area contributed by atoms with Crippen molar-refractivity contribution in [2.24, 2.45) is 0 Å². The molecule has 0 saturated carbocycles. The molecule has 0 radical (unpaired) electrons. The average Bonchev–Trinajstić information content (AvgIpc) is 2.51. The first-order valence-electron chi connectivity index (χ1n) is 7.38. The first kappa shape index (κ1) is 18.3. The number of amides is 2. The number of aryl methyl sites for hydroxylation is 2. The van der Waals surface area contributed by atoms with E-state index in [2.05, 4.69) is 5.32 Å². The quantitative estimate of drug-likeness (QED) is 0.861. The second-order valence-corrected chi connectivity index (χ2v) is 6.39. The Labute approximate surface area is 151 Å². The molecule has 0 heterocycles. The lowest BCUT2D eigenvalue weighted by Gasteiger charge is -2.21. The van der Waals surface area contributed by atoms with Gasteiger partial charge < -0.3 is 10.2 Å². The van der Waals surface area contributed by atoms with Crippen LogP contribution in [0.5, 0.6) is 0 Å². The highest BCUT2D eigenvalue weighted by Gasteiger charge is 2.17. The molecule has 0 atom stereocenters. The number of hydrogen-bond acceptors (Lipinski definition) is 2. The molecule has 0 aliphatic carbocycles. The van der Waals surface area contributed by atoms with Gasteiger partial charge in [0.1, 0.15) is 6.54 Å². The van der Waals surface area contributed by atoms with E-state index in [1.807, 2.05) is 26.0 Å². The molecule has 2 amide bonds. The minimum Gasteiger partial charge on any atom is -0.324 e. The Morgan fingerprint density at radius 3 is 2.33 bits per heavy atom. The van der Waals surface area contributed by atoms with Gasteiger partial charge in [0.2, 0.25) is 11.8 Å². The summed E-state index contributed by atoms with van der Waals surface area (Å²) in [4.78, 5) is 25.6. The molecule has 2 aromatic rings. The highest BCUT2D eigenvalue weighted by Crippen LogP contribution is 2.24. The van der Waals surface area contributed by atoms with Crippen molar-refractivity contribution in [2.45, 2.75) is 20.8 Å². The third-order valence-electron chi connectivity index (χ3n) is 3.62. The molecule has 0 aliphatic rings. The van der Waals surface area contributed by atoms with Gasteiger partial charge in [0.15, 0.2) is 0 Å². The minimum absolute atomic E-state index is 0.110. The van der Waals surface area contributed by atoms with E-state index in [4.69, 9.17) is 23.2 Å². The molecule has 0 bridgehead atoms. The van der Waals surface area contributed by atoms with Crippen molar-refractivity contribution in [3.05, 3.63) is 57.6 Å². The second-order valence-electron chi connectivity index (χ2n) is 5.55. The monoisotopic (exact) mass is 364 g/mol. The summed E-state index contributed by atoms with van der Waals surface area (Å²) < 4.78 is 0. The van der Waals surface area contributed by atoms with E-state index in [0.29, 0.717) is 21.4 Å². The van der Waals surface area contributed by atoms with E-state index in [1.54, 1.807) is 24.3 Å². The van der Waals surface area contributed by atoms with Crippen molar-refractivity contribution in [3.63, 3.8) is 0 Å².